The molecule has 5 heteroatoms. The average Bonchev–Trinajstić information content (AvgIpc) is 2.78. The van der Waals surface area contributed by atoms with E-state index >= 15 is 0 Å². The first-order valence-corrected chi connectivity index (χ1v) is 6.85. The van der Waals surface area contributed by atoms with Gasteiger partial charge in [-0.3, -0.25) is 0 Å². The first-order chi connectivity index (χ1) is 9.97. The van der Waals surface area contributed by atoms with Crippen LogP contribution in [0.25, 0.3) is 0 Å². The number of furan rings is 1. The van der Waals surface area contributed by atoms with Gasteiger partial charge in [-0.1, -0.05) is 19.9 Å². The molecule has 1 N–H and O–H groups in total. The number of ether oxygens (including phenoxy) is 1. The van der Waals surface area contributed by atoms with Gasteiger partial charge >= 0.3 is 0 Å². The number of rotatable bonds is 6. The van der Waals surface area contributed by atoms with Crippen LogP contribution >= 0.6 is 0 Å². The van der Waals surface area contributed by atoms with Crippen molar-refractivity contribution < 1.29 is 17.9 Å². The van der Waals surface area contributed by atoms with Crippen molar-refractivity contribution in [3.63, 3.8) is 0 Å². The van der Waals surface area contributed by atoms with Gasteiger partial charge in [0.2, 0.25) is 5.82 Å². The van der Waals surface area contributed by atoms with Gasteiger partial charge in [-0.15, -0.1) is 0 Å². The number of hydrogen-bond acceptors (Lipinski definition) is 3. The summed E-state index contributed by atoms with van der Waals surface area (Å²) in [6.07, 6.45) is 0. The maximum atomic E-state index is 13.5. The second kappa shape index (κ2) is 6.72. The molecule has 0 radical (unpaired) electrons. The van der Waals surface area contributed by atoms with Gasteiger partial charge in [0, 0.05) is 18.2 Å². The zero-order valence-electron chi connectivity index (χ0n) is 12.4. The van der Waals surface area contributed by atoms with Gasteiger partial charge < -0.3 is 14.5 Å². The van der Waals surface area contributed by atoms with Crippen molar-refractivity contribution in [1.29, 1.82) is 0 Å². The van der Waals surface area contributed by atoms with Crippen LogP contribution in [-0.4, -0.2) is 6.04 Å². The maximum absolute atomic E-state index is 13.5. The standard InChI is InChI=1S/C16H19F2NO2/c1-10(2)19-8-12-7-13(21-11(12)3)9-20-15-6-4-5-14(17)16(15)18/h4-7,10,19H,8-9H2,1-3H3. The molecule has 0 aliphatic carbocycles. The minimum Gasteiger partial charge on any atom is -0.482 e. The highest BCUT2D eigenvalue weighted by Gasteiger charge is 2.12. The Morgan fingerprint density at radius 1 is 1.29 bits per heavy atom. The minimum absolute atomic E-state index is 0.0584. The summed E-state index contributed by atoms with van der Waals surface area (Å²) in [6.45, 7) is 6.74. The zero-order chi connectivity index (χ0) is 15.4. The van der Waals surface area contributed by atoms with E-state index in [4.69, 9.17) is 9.15 Å². The van der Waals surface area contributed by atoms with Crippen molar-refractivity contribution in [1.82, 2.24) is 5.32 Å². The number of nitrogens with one attached hydrogen (secondary N) is 1. The first-order valence-electron chi connectivity index (χ1n) is 6.85. The lowest BCUT2D eigenvalue weighted by Gasteiger charge is -2.06. The molecular weight excluding hydrogens is 276 g/mol. The van der Waals surface area contributed by atoms with E-state index in [1.165, 1.54) is 12.1 Å². The number of aryl methyl sites for hydroxylation is 1. The second-order valence-electron chi connectivity index (χ2n) is 5.17. The van der Waals surface area contributed by atoms with E-state index < -0.39 is 11.6 Å². The van der Waals surface area contributed by atoms with E-state index in [-0.39, 0.29) is 12.4 Å². The summed E-state index contributed by atoms with van der Waals surface area (Å²) in [6, 6.07) is 6.08. The predicted octanol–water partition coefficient (Wildman–Crippen LogP) is 3.94. The Bertz CT molecular complexity index is 608. The van der Waals surface area contributed by atoms with Crippen molar-refractivity contribution in [3.8, 4) is 5.75 Å². The molecule has 0 bridgehead atoms. The zero-order valence-corrected chi connectivity index (χ0v) is 12.4. The summed E-state index contributed by atoms with van der Waals surface area (Å²) < 4.78 is 37.3. The monoisotopic (exact) mass is 295 g/mol. The van der Waals surface area contributed by atoms with Crippen LogP contribution in [0.1, 0.15) is 30.9 Å². The largest absolute Gasteiger partial charge is 0.482 e. The minimum atomic E-state index is -0.984. The Morgan fingerprint density at radius 2 is 2.05 bits per heavy atom. The lowest BCUT2D eigenvalue weighted by atomic mass is 10.2. The molecule has 1 heterocycles. The van der Waals surface area contributed by atoms with E-state index in [1.807, 2.05) is 13.0 Å². The number of hydrogen-bond donors (Lipinski definition) is 1. The van der Waals surface area contributed by atoms with Crippen molar-refractivity contribution in [2.24, 2.45) is 0 Å². The quantitative estimate of drug-likeness (QED) is 0.876. The van der Waals surface area contributed by atoms with Gasteiger partial charge in [0.25, 0.3) is 0 Å². The lowest BCUT2D eigenvalue weighted by molar-refractivity contribution is 0.252. The van der Waals surface area contributed by atoms with Crippen LogP contribution in [0.2, 0.25) is 0 Å². The fraction of sp³-hybridized carbons (Fsp3) is 0.375. The Labute approximate surface area is 122 Å². The third kappa shape index (κ3) is 4.04. The molecule has 114 valence electrons. The van der Waals surface area contributed by atoms with Gasteiger partial charge in [-0.25, -0.2) is 4.39 Å². The predicted molar refractivity (Wildman–Crippen MR) is 76.1 cm³/mol. The van der Waals surface area contributed by atoms with Gasteiger partial charge in [0.05, 0.1) is 0 Å². The molecule has 1 aromatic carbocycles. The molecule has 0 aliphatic rings. The van der Waals surface area contributed by atoms with Crippen LogP contribution in [0.15, 0.2) is 28.7 Å². The molecule has 2 aromatic rings. The van der Waals surface area contributed by atoms with Crippen LogP contribution < -0.4 is 10.1 Å². The van der Waals surface area contributed by atoms with Gasteiger partial charge in [-0.05, 0) is 25.1 Å². The fourth-order valence-corrected chi connectivity index (χ4v) is 1.89. The highest BCUT2D eigenvalue weighted by atomic mass is 19.2. The first kappa shape index (κ1) is 15.5. The fourth-order valence-electron chi connectivity index (χ4n) is 1.89. The van der Waals surface area contributed by atoms with E-state index in [2.05, 4.69) is 19.2 Å². The topological polar surface area (TPSA) is 34.4 Å². The lowest BCUT2D eigenvalue weighted by Crippen LogP contribution is -2.21. The summed E-state index contributed by atoms with van der Waals surface area (Å²) in [4.78, 5) is 0. The SMILES string of the molecule is Cc1oc(COc2cccc(F)c2F)cc1CNC(C)C. The molecule has 3 nitrogen and oxygen atoms in total. The Kier molecular flexibility index (Phi) is 4.96. The third-order valence-corrected chi connectivity index (χ3v) is 3.06. The van der Waals surface area contributed by atoms with Crippen LogP contribution in [0.3, 0.4) is 0 Å². The van der Waals surface area contributed by atoms with Crippen LogP contribution in [-0.2, 0) is 13.2 Å². The van der Waals surface area contributed by atoms with E-state index in [1.54, 1.807) is 0 Å². The normalized spacial score (nSPS) is 11.1. The van der Waals surface area contributed by atoms with E-state index in [0.29, 0.717) is 18.3 Å². The molecule has 0 saturated carbocycles. The molecule has 0 spiro atoms. The van der Waals surface area contributed by atoms with Crippen LogP contribution in [0.4, 0.5) is 8.78 Å². The molecule has 0 aliphatic heterocycles. The third-order valence-electron chi connectivity index (χ3n) is 3.06. The number of halogens is 2. The summed E-state index contributed by atoms with van der Waals surface area (Å²) in [5.74, 6) is -0.656. The van der Waals surface area contributed by atoms with E-state index in [0.717, 1.165) is 17.4 Å². The second-order valence-corrected chi connectivity index (χ2v) is 5.17. The maximum Gasteiger partial charge on any atom is 0.200 e. The van der Waals surface area contributed by atoms with Crippen molar-refractivity contribution >= 4 is 0 Å². The Balaban J connectivity index is 2.00. The molecule has 0 atom stereocenters. The summed E-state index contributed by atoms with van der Waals surface area (Å²) in [5, 5.41) is 3.30. The molecular formula is C16H19F2NO2. The Morgan fingerprint density at radius 3 is 2.76 bits per heavy atom. The van der Waals surface area contributed by atoms with Crippen LogP contribution in [0.5, 0.6) is 5.75 Å². The molecule has 0 amide bonds. The molecule has 0 saturated heterocycles. The van der Waals surface area contributed by atoms with Gasteiger partial charge in [0.15, 0.2) is 11.6 Å². The molecule has 0 unspecified atom stereocenters. The summed E-state index contributed by atoms with van der Waals surface area (Å²) in [5.41, 5.74) is 1.03. The molecule has 0 fully saturated rings. The van der Waals surface area contributed by atoms with Crippen molar-refractivity contribution in [2.75, 3.05) is 0 Å². The summed E-state index contributed by atoms with van der Waals surface area (Å²) in [7, 11) is 0. The molecule has 2 rings (SSSR count). The average molecular weight is 295 g/mol. The van der Waals surface area contributed by atoms with E-state index in [9.17, 15) is 8.78 Å². The van der Waals surface area contributed by atoms with Crippen molar-refractivity contribution in [3.05, 3.63) is 53.0 Å². The number of benzene rings is 1. The highest BCUT2D eigenvalue weighted by molar-refractivity contribution is 5.26. The summed E-state index contributed by atoms with van der Waals surface area (Å²) >= 11 is 0. The van der Waals surface area contributed by atoms with Gasteiger partial charge in [-0.2, -0.15) is 4.39 Å². The Hall–Kier alpha value is -1.88. The molecule has 21 heavy (non-hydrogen) atoms. The van der Waals surface area contributed by atoms with Gasteiger partial charge in [0.1, 0.15) is 18.1 Å². The highest BCUT2D eigenvalue weighted by Crippen LogP contribution is 2.22. The van der Waals surface area contributed by atoms with Crippen molar-refractivity contribution in [2.45, 2.75) is 40.0 Å². The molecule has 1 aromatic heterocycles. The smallest absolute Gasteiger partial charge is 0.200 e. The van der Waals surface area contributed by atoms with Crippen LogP contribution in [0, 0.1) is 18.6 Å².